The van der Waals surface area contributed by atoms with E-state index in [-0.39, 0.29) is 11.7 Å². The third kappa shape index (κ3) is 3.14. The maximum Gasteiger partial charge on any atom is 0.166 e. The third-order valence-electron chi connectivity index (χ3n) is 3.94. The van der Waals surface area contributed by atoms with Gasteiger partial charge in [-0.1, -0.05) is 42.1 Å². The quantitative estimate of drug-likeness (QED) is 0.663. The van der Waals surface area contributed by atoms with Crippen LogP contribution in [0.5, 0.6) is 0 Å². The molecule has 0 spiro atoms. The van der Waals surface area contributed by atoms with Crippen molar-refractivity contribution < 1.29 is 4.79 Å². The van der Waals surface area contributed by atoms with Crippen molar-refractivity contribution in [3.63, 3.8) is 0 Å². The molecule has 98 valence electrons. The summed E-state index contributed by atoms with van der Waals surface area (Å²) in [6.45, 7) is 2.22. The van der Waals surface area contributed by atoms with E-state index in [1.165, 1.54) is 19.3 Å². The van der Waals surface area contributed by atoms with E-state index in [2.05, 4.69) is 22.9 Å². The largest absolute Gasteiger partial charge is 0.399 e. The molecule has 2 nitrogen and oxygen atoms in total. The normalized spacial score (nSPS) is 23.9. The maximum atomic E-state index is 12.5. The molecule has 0 radical (unpaired) electrons. The molecular formula is C15H20BrNO. The van der Waals surface area contributed by atoms with Crippen LogP contribution in [0.15, 0.2) is 22.7 Å². The summed E-state index contributed by atoms with van der Waals surface area (Å²) in [6.07, 6.45) is 5.72. The van der Waals surface area contributed by atoms with Crippen molar-refractivity contribution in [2.24, 2.45) is 11.8 Å². The number of anilines is 1. The highest BCUT2D eigenvalue weighted by atomic mass is 79.9. The van der Waals surface area contributed by atoms with Gasteiger partial charge in [0.1, 0.15) is 0 Å². The van der Waals surface area contributed by atoms with Crippen LogP contribution in [-0.2, 0) is 0 Å². The zero-order chi connectivity index (χ0) is 13.1. The Morgan fingerprint density at radius 2 is 2.17 bits per heavy atom. The number of nitrogen functional groups attached to an aromatic ring is 1. The molecule has 0 aromatic heterocycles. The first-order valence-corrected chi connectivity index (χ1v) is 7.49. The molecule has 1 aromatic rings. The van der Waals surface area contributed by atoms with Crippen LogP contribution in [-0.4, -0.2) is 5.78 Å². The number of carbonyl (C=O) groups excluding carboxylic acids is 1. The second-order valence-corrected chi connectivity index (χ2v) is 6.19. The summed E-state index contributed by atoms with van der Waals surface area (Å²) in [7, 11) is 0. The Morgan fingerprint density at radius 1 is 1.39 bits per heavy atom. The second kappa shape index (κ2) is 5.87. The Labute approximate surface area is 117 Å². The monoisotopic (exact) mass is 309 g/mol. The molecule has 3 heteroatoms. The molecule has 2 atom stereocenters. The second-order valence-electron chi connectivity index (χ2n) is 5.28. The molecular weight excluding hydrogens is 290 g/mol. The van der Waals surface area contributed by atoms with Crippen molar-refractivity contribution in [3.8, 4) is 0 Å². The summed E-state index contributed by atoms with van der Waals surface area (Å²) in [5, 5.41) is 0. The average Bonchev–Trinajstić information content (AvgIpc) is 2.37. The van der Waals surface area contributed by atoms with Gasteiger partial charge in [-0.25, -0.2) is 0 Å². The van der Waals surface area contributed by atoms with E-state index >= 15 is 0 Å². The molecule has 0 aliphatic heterocycles. The first-order valence-electron chi connectivity index (χ1n) is 6.70. The zero-order valence-electron chi connectivity index (χ0n) is 10.8. The summed E-state index contributed by atoms with van der Waals surface area (Å²) in [5.41, 5.74) is 7.20. The Balaban J connectivity index is 2.15. The fraction of sp³-hybridized carbons (Fsp3) is 0.533. The number of Topliss-reactive ketones (excluding diaryl/α,β-unsaturated/α-hetero) is 1. The minimum Gasteiger partial charge on any atom is -0.399 e. The first kappa shape index (κ1) is 13.6. The molecule has 2 unspecified atom stereocenters. The molecule has 2 N–H and O–H groups in total. The number of ketones is 1. The minimum absolute atomic E-state index is 0.192. The SMILES string of the molecule is CCC1CCCC(C(=O)c2cc(N)cc(Br)c2)C1. The fourth-order valence-corrected chi connectivity index (χ4v) is 3.40. The molecule has 0 saturated heterocycles. The van der Waals surface area contributed by atoms with E-state index in [1.807, 2.05) is 12.1 Å². The van der Waals surface area contributed by atoms with Gasteiger partial charge in [0.15, 0.2) is 5.78 Å². The molecule has 1 aliphatic carbocycles. The smallest absolute Gasteiger partial charge is 0.166 e. The van der Waals surface area contributed by atoms with Crippen molar-refractivity contribution in [1.82, 2.24) is 0 Å². The van der Waals surface area contributed by atoms with E-state index in [4.69, 9.17) is 5.73 Å². The van der Waals surface area contributed by atoms with Crippen LogP contribution in [0.4, 0.5) is 5.69 Å². The lowest BCUT2D eigenvalue weighted by Crippen LogP contribution is -2.23. The number of hydrogen-bond donors (Lipinski definition) is 1. The number of carbonyl (C=O) groups is 1. The minimum atomic E-state index is 0.192. The topological polar surface area (TPSA) is 43.1 Å². The van der Waals surface area contributed by atoms with Gasteiger partial charge in [-0.15, -0.1) is 0 Å². The number of halogens is 1. The summed E-state index contributed by atoms with van der Waals surface area (Å²) in [4.78, 5) is 12.5. The highest BCUT2D eigenvalue weighted by Crippen LogP contribution is 2.33. The molecule has 0 bridgehead atoms. The molecule has 18 heavy (non-hydrogen) atoms. The standard InChI is InChI=1S/C15H20BrNO/c1-2-10-4-3-5-11(6-10)15(18)12-7-13(16)9-14(17)8-12/h7-11H,2-6,17H2,1H3. The van der Waals surface area contributed by atoms with Crippen LogP contribution in [0.2, 0.25) is 0 Å². The van der Waals surface area contributed by atoms with Crippen LogP contribution in [0.25, 0.3) is 0 Å². The van der Waals surface area contributed by atoms with E-state index < -0.39 is 0 Å². The highest BCUT2D eigenvalue weighted by molar-refractivity contribution is 9.10. The summed E-state index contributed by atoms with van der Waals surface area (Å²) in [5.74, 6) is 1.18. The molecule has 1 aliphatic rings. The van der Waals surface area contributed by atoms with Crippen LogP contribution in [0.1, 0.15) is 49.4 Å². The number of hydrogen-bond acceptors (Lipinski definition) is 2. The van der Waals surface area contributed by atoms with Gasteiger partial charge in [0, 0.05) is 21.6 Å². The van der Waals surface area contributed by atoms with Crippen LogP contribution in [0.3, 0.4) is 0 Å². The predicted molar refractivity (Wildman–Crippen MR) is 78.6 cm³/mol. The first-order chi connectivity index (χ1) is 8.60. The van der Waals surface area contributed by atoms with E-state index in [0.29, 0.717) is 5.69 Å². The Kier molecular flexibility index (Phi) is 4.44. The third-order valence-corrected chi connectivity index (χ3v) is 4.39. The lowest BCUT2D eigenvalue weighted by atomic mass is 9.77. The van der Waals surface area contributed by atoms with Crippen molar-refractivity contribution in [1.29, 1.82) is 0 Å². The molecule has 1 aromatic carbocycles. The van der Waals surface area contributed by atoms with Crippen molar-refractivity contribution in [3.05, 3.63) is 28.2 Å². The van der Waals surface area contributed by atoms with Crippen molar-refractivity contribution in [2.75, 3.05) is 5.73 Å². The maximum absolute atomic E-state index is 12.5. The van der Waals surface area contributed by atoms with Crippen molar-refractivity contribution >= 4 is 27.4 Å². The zero-order valence-corrected chi connectivity index (χ0v) is 12.4. The van der Waals surface area contributed by atoms with Gasteiger partial charge in [0.25, 0.3) is 0 Å². The van der Waals surface area contributed by atoms with E-state index in [9.17, 15) is 4.79 Å². The van der Waals surface area contributed by atoms with Gasteiger partial charge in [0.05, 0.1) is 0 Å². The van der Waals surface area contributed by atoms with Crippen LogP contribution >= 0.6 is 15.9 Å². The molecule has 1 fully saturated rings. The van der Waals surface area contributed by atoms with Gasteiger partial charge in [0.2, 0.25) is 0 Å². The van der Waals surface area contributed by atoms with Gasteiger partial charge in [-0.2, -0.15) is 0 Å². The molecule has 0 amide bonds. The molecule has 1 saturated carbocycles. The predicted octanol–water partition coefficient (Wildman–Crippen LogP) is 4.43. The molecule has 0 heterocycles. The average molecular weight is 310 g/mol. The summed E-state index contributed by atoms with van der Waals surface area (Å²) >= 11 is 3.40. The molecule has 2 rings (SSSR count). The fourth-order valence-electron chi connectivity index (χ4n) is 2.89. The van der Waals surface area contributed by atoms with E-state index in [1.54, 1.807) is 6.07 Å². The van der Waals surface area contributed by atoms with E-state index in [0.717, 1.165) is 28.8 Å². The van der Waals surface area contributed by atoms with Crippen LogP contribution in [0, 0.1) is 11.8 Å². The lowest BCUT2D eigenvalue weighted by Gasteiger charge is -2.27. The highest BCUT2D eigenvalue weighted by Gasteiger charge is 2.27. The summed E-state index contributed by atoms with van der Waals surface area (Å²) in [6, 6.07) is 5.50. The summed E-state index contributed by atoms with van der Waals surface area (Å²) < 4.78 is 0.883. The van der Waals surface area contributed by atoms with Gasteiger partial charge in [-0.05, 0) is 37.0 Å². The Bertz CT molecular complexity index is 424. The van der Waals surface area contributed by atoms with Gasteiger partial charge in [-0.3, -0.25) is 4.79 Å². The number of benzene rings is 1. The van der Waals surface area contributed by atoms with Crippen molar-refractivity contribution in [2.45, 2.75) is 39.0 Å². The lowest BCUT2D eigenvalue weighted by molar-refractivity contribution is 0.0862. The Morgan fingerprint density at radius 3 is 2.83 bits per heavy atom. The van der Waals surface area contributed by atoms with Gasteiger partial charge < -0.3 is 5.73 Å². The van der Waals surface area contributed by atoms with Gasteiger partial charge >= 0.3 is 0 Å². The van der Waals surface area contributed by atoms with Crippen LogP contribution < -0.4 is 5.73 Å². The number of rotatable bonds is 3. The Hall–Kier alpha value is -0.830. The number of nitrogens with two attached hydrogens (primary N) is 1.